The summed E-state index contributed by atoms with van der Waals surface area (Å²) in [7, 11) is 0. The van der Waals surface area contributed by atoms with Gasteiger partial charge >= 0.3 is 5.97 Å². The van der Waals surface area contributed by atoms with Crippen LogP contribution in [-0.2, 0) is 9.53 Å². The molecule has 1 amide bonds. The van der Waals surface area contributed by atoms with Gasteiger partial charge < -0.3 is 14.7 Å². The van der Waals surface area contributed by atoms with Crippen molar-refractivity contribution in [3.05, 3.63) is 47.8 Å². The van der Waals surface area contributed by atoms with Crippen molar-refractivity contribution in [3.8, 4) is 5.69 Å². The number of rotatable bonds is 7. The quantitative estimate of drug-likeness (QED) is 0.822. The molecule has 138 valence electrons. The minimum absolute atomic E-state index is 0.0286. The van der Waals surface area contributed by atoms with Crippen molar-refractivity contribution in [1.82, 2.24) is 14.7 Å². The van der Waals surface area contributed by atoms with Crippen molar-refractivity contribution in [2.24, 2.45) is 0 Å². The fourth-order valence-electron chi connectivity index (χ4n) is 3.11. The Bertz CT molecular complexity index is 781. The van der Waals surface area contributed by atoms with E-state index in [9.17, 15) is 9.59 Å². The summed E-state index contributed by atoms with van der Waals surface area (Å²) in [4.78, 5) is 25.4. The van der Waals surface area contributed by atoms with Crippen LogP contribution in [0.15, 0.2) is 36.7 Å². The first-order valence-electron chi connectivity index (χ1n) is 8.78. The number of benzene rings is 1. The van der Waals surface area contributed by atoms with E-state index in [0.29, 0.717) is 18.7 Å². The summed E-state index contributed by atoms with van der Waals surface area (Å²) in [5, 5.41) is 13.3. The zero-order valence-corrected chi connectivity index (χ0v) is 14.8. The van der Waals surface area contributed by atoms with Gasteiger partial charge in [0.2, 0.25) is 0 Å². The lowest BCUT2D eigenvalue weighted by Gasteiger charge is -2.24. The number of hydrogen-bond donors (Lipinski definition) is 1. The fourth-order valence-corrected chi connectivity index (χ4v) is 3.11. The number of amides is 1. The molecule has 7 nitrogen and oxygen atoms in total. The maximum Gasteiger partial charge on any atom is 0.305 e. The number of nitrogens with zero attached hydrogens (tertiary/aromatic N) is 3. The van der Waals surface area contributed by atoms with Gasteiger partial charge in [0.25, 0.3) is 5.91 Å². The predicted molar refractivity (Wildman–Crippen MR) is 95.4 cm³/mol. The zero-order valence-electron chi connectivity index (χ0n) is 14.8. The standard InChI is InChI=1S/C19H23N3O4/c1-14-5-2-3-7-17(14)22-12-15(11-20-22)19(25)21(9-8-18(23)24)13-16-6-4-10-26-16/h2-3,5,7,11-12,16H,4,6,8-10,13H2,1H3,(H,23,24)/t16-/m0/s1. The van der Waals surface area contributed by atoms with E-state index in [1.54, 1.807) is 15.8 Å². The van der Waals surface area contributed by atoms with Crippen LogP contribution in [0.3, 0.4) is 0 Å². The Balaban J connectivity index is 1.77. The Hall–Kier alpha value is -2.67. The number of aliphatic carboxylic acids is 1. The number of carbonyl (C=O) groups is 2. The summed E-state index contributed by atoms with van der Waals surface area (Å²) in [5.74, 6) is -1.15. The smallest absolute Gasteiger partial charge is 0.305 e. The van der Waals surface area contributed by atoms with Crippen LogP contribution in [0.2, 0.25) is 0 Å². The number of carboxylic acids is 1. The average Bonchev–Trinajstić information content (AvgIpc) is 3.30. The number of carboxylic acid groups (broad SMARTS) is 1. The third kappa shape index (κ3) is 4.29. The second-order valence-electron chi connectivity index (χ2n) is 6.49. The molecule has 0 aliphatic carbocycles. The average molecular weight is 357 g/mol. The SMILES string of the molecule is Cc1ccccc1-n1cc(C(=O)N(CCC(=O)O)C[C@@H]2CCCO2)cn1. The van der Waals surface area contributed by atoms with Gasteiger partial charge in [-0.1, -0.05) is 18.2 Å². The Morgan fingerprint density at radius 3 is 2.88 bits per heavy atom. The molecule has 26 heavy (non-hydrogen) atoms. The van der Waals surface area contributed by atoms with Gasteiger partial charge in [0.1, 0.15) is 0 Å². The van der Waals surface area contributed by atoms with Gasteiger partial charge in [-0.05, 0) is 31.4 Å². The van der Waals surface area contributed by atoms with Gasteiger partial charge in [0.15, 0.2) is 0 Å². The second-order valence-corrected chi connectivity index (χ2v) is 6.49. The van der Waals surface area contributed by atoms with Gasteiger partial charge in [-0.15, -0.1) is 0 Å². The molecule has 1 fully saturated rings. The molecular formula is C19H23N3O4. The molecule has 2 heterocycles. The summed E-state index contributed by atoms with van der Waals surface area (Å²) in [6.07, 6.45) is 4.95. The summed E-state index contributed by atoms with van der Waals surface area (Å²) < 4.78 is 7.28. The lowest BCUT2D eigenvalue weighted by atomic mass is 10.2. The van der Waals surface area contributed by atoms with Gasteiger partial charge in [0.05, 0.1) is 30.0 Å². The zero-order chi connectivity index (χ0) is 18.5. The van der Waals surface area contributed by atoms with E-state index < -0.39 is 5.97 Å². The molecule has 1 N–H and O–H groups in total. The van der Waals surface area contributed by atoms with E-state index in [1.807, 2.05) is 31.2 Å². The number of carbonyl (C=O) groups excluding carboxylic acids is 1. The highest BCUT2D eigenvalue weighted by molar-refractivity contribution is 5.94. The highest BCUT2D eigenvalue weighted by Gasteiger charge is 2.25. The minimum atomic E-state index is -0.925. The van der Waals surface area contributed by atoms with E-state index in [1.165, 1.54) is 6.20 Å². The third-order valence-corrected chi connectivity index (χ3v) is 4.52. The van der Waals surface area contributed by atoms with Crippen LogP contribution >= 0.6 is 0 Å². The molecule has 1 aliphatic rings. The fraction of sp³-hybridized carbons (Fsp3) is 0.421. The first kappa shape index (κ1) is 18.1. The first-order chi connectivity index (χ1) is 12.5. The number of hydrogen-bond acceptors (Lipinski definition) is 4. The second kappa shape index (κ2) is 8.14. The Labute approximate surface area is 152 Å². The van der Waals surface area contributed by atoms with Crippen molar-refractivity contribution in [1.29, 1.82) is 0 Å². The predicted octanol–water partition coefficient (Wildman–Crippen LogP) is 2.28. The molecule has 1 aromatic carbocycles. The molecule has 7 heteroatoms. The molecule has 2 aromatic rings. The van der Waals surface area contributed by atoms with Crippen LogP contribution in [0.25, 0.3) is 5.69 Å². The van der Waals surface area contributed by atoms with Gasteiger partial charge in [-0.25, -0.2) is 4.68 Å². The van der Waals surface area contributed by atoms with E-state index in [-0.39, 0.29) is 25.0 Å². The molecule has 0 radical (unpaired) electrons. The first-order valence-corrected chi connectivity index (χ1v) is 8.78. The summed E-state index contributed by atoms with van der Waals surface area (Å²) in [6.45, 7) is 3.23. The van der Waals surface area contributed by atoms with Crippen molar-refractivity contribution in [3.63, 3.8) is 0 Å². The van der Waals surface area contributed by atoms with Crippen LogP contribution < -0.4 is 0 Å². The Morgan fingerprint density at radius 1 is 1.38 bits per heavy atom. The minimum Gasteiger partial charge on any atom is -0.481 e. The third-order valence-electron chi connectivity index (χ3n) is 4.52. The van der Waals surface area contributed by atoms with E-state index in [4.69, 9.17) is 9.84 Å². The normalized spacial score (nSPS) is 16.6. The molecule has 1 aliphatic heterocycles. The van der Waals surface area contributed by atoms with Crippen molar-refractivity contribution < 1.29 is 19.4 Å². The topological polar surface area (TPSA) is 84.7 Å². The van der Waals surface area contributed by atoms with Crippen LogP contribution in [0, 0.1) is 6.92 Å². The molecule has 0 bridgehead atoms. The van der Waals surface area contributed by atoms with Gasteiger partial charge in [-0.3, -0.25) is 9.59 Å². The molecule has 1 atom stereocenters. The summed E-state index contributed by atoms with van der Waals surface area (Å²) in [5.41, 5.74) is 2.40. The lowest BCUT2D eigenvalue weighted by Crippen LogP contribution is -2.38. The largest absolute Gasteiger partial charge is 0.481 e. The highest BCUT2D eigenvalue weighted by Crippen LogP contribution is 2.17. The summed E-state index contributed by atoms with van der Waals surface area (Å²) >= 11 is 0. The number of aromatic nitrogens is 2. The number of aryl methyl sites for hydroxylation is 1. The molecule has 0 unspecified atom stereocenters. The molecule has 0 saturated carbocycles. The van der Waals surface area contributed by atoms with Crippen molar-refractivity contribution in [2.75, 3.05) is 19.7 Å². The van der Waals surface area contributed by atoms with Gasteiger partial charge in [-0.2, -0.15) is 5.10 Å². The number of ether oxygens (including phenoxy) is 1. The maximum absolute atomic E-state index is 12.9. The van der Waals surface area contributed by atoms with Crippen molar-refractivity contribution in [2.45, 2.75) is 32.3 Å². The molecule has 1 saturated heterocycles. The van der Waals surface area contributed by atoms with Gasteiger partial charge in [0, 0.05) is 25.9 Å². The van der Waals surface area contributed by atoms with E-state index >= 15 is 0 Å². The molecular weight excluding hydrogens is 334 g/mol. The van der Waals surface area contributed by atoms with Crippen molar-refractivity contribution >= 4 is 11.9 Å². The lowest BCUT2D eigenvalue weighted by molar-refractivity contribution is -0.137. The Morgan fingerprint density at radius 2 is 2.19 bits per heavy atom. The summed E-state index contributed by atoms with van der Waals surface area (Å²) in [6, 6.07) is 7.78. The van der Waals surface area contributed by atoms with Crippen LogP contribution in [0.1, 0.15) is 35.2 Å². The highest BCUT2D eigenvalue weighted by atomic mass is 16.5. The maximum atomic E-state index is 12.9. The van der Waals surface area contributed by atoms with Crippen LogP contribution in [-0.4, -0.2) is 57.5 Å². The molecule has 1 aromatic heterocycles. The van der Waals surface area contributed by atoms with Crippen LogP contribution in [0.4, 0.5) is 0 Å². The van der Waals surface area contributed by atoms with E-state index in [2.05, 4.69) is 5.10 Å². The van der Waals surface area contributed by atoms with E-state index in [0.717, 1.165) is 24.1 Å². The molecule has 3 rings (SSSR count). The number of para-hydroxylation sites is 1. The van der Waals surface area contributed by atoms with Crippen LogP contribution in [0.5, 0.6) is 0 Å². The Kier molecular flexibility index (Phi) is 5.68. The monoisotopic (exact) mass is 357 g/mol. The molecule has 0 spiro atoms.